The summed E-state index contributed by atoms with van der Waals surface area (Å²) in [6.45, 7) is 2.00. The minimum absolute atomic E-state index is 0.0844. The number of carboxylic acids is 2. The number of hydrogen-bond acceptors (Lipinski definition) is 5. The van der Waals surface area contributed by atoms with Gasteiger partial charge < -0.3 is 15.1 Å². The van der Waals surface area contributed by atoms with E-state index in [0.717, 1.165) is 6.42 Å². The molecule has 134 valence electrons. The van der Waals surface area contributed by atoms with E-state index in [1.54, 1.807) is 0 Å². The molecule has 24 heavy (non-hydrogen) atoms. The molecule has 4 aliphatic rings. The first-order valence-electron chi connectivity index (χ1n) is 8.32. The summed E-state index contributed by atoms with van der Waals surface area (Å²) in [5, 5.41) is 29.0. The number of rotatable bonds is 7. The van der Waals surface area contributed by atoms with Crippen molar-refractivity contribution in [3.05, 3.63) is 10.1 Å². The van der Waals surface area contributed by atoms with Gasteiger partial charge in [0.1, 0.15) is 5.60 Å². The highest BCUT2D eigenvalue weighted by atomic mass is 17.0. The van der Waals surface area contributed by atoms with Gasteiger partial charge in [0.25, 0.3) is 5.09 Å². The summed E-state index contributed by atoms with van der Waals surface area (Å²) in [7, 11) is 0. The normalized spacial score (nSPS) is 42.7. The molecule has 8 nitrogen and oxygen atoms in total. The topological polar surface area (TPSA) is 127 Å². The van der Waals surface area contributed by atoms with Crippen LogP contribution in [-0.4, -0.2) is 32.8 Å². The van der Waals surface area contributed by atoms with Gasteiger partial charge in [0.2, 0.25) is 0 Å². The van der Waals surface area contributed by atoms with Gasteiger partial charge in [-0.3, -0.25) is 9.59 Å². The molecule has 0 amide bonds. The van der Waals surface area contributed by atoms with Gasteiger partial charge in [-0.2, -0.15) is 0 Å². The molecule has 0 aliphatic heterocycles. The molecule has 2 N–H and O–H groups in total. The van der Waals surface area contributed by atoms with Gasteiger partial charge in [-0.25, -0.2) is 0 Å². The molecule has 4 saturated carbocycles. The third-order valence-electron chi connectivity index (χ3n) is 6.41. The zero-order chi connectivity index (χ0) is 17.8. The lowest BCUT2D eigenvalue weighted by molar-refractivity contribution is -0.787. The predicted octanol–water partition coefficient (Wildman–Crippen LogP) is 2.63. The highest BCUT2D eigenvalue weighted by Gasteiger charge is 2.69. The van der Waals surface area contributed by atoms with Crippen LogP contribution in [0.15, 0.2) is 0 Å². The Morgan fingerprint density at radius 2 is 1.38 bits per heavy atom. The van der Waals surface area contributed by atoms with Crippen molar-refractivity contribution in [3.8, 4) is 0 Å². The van der Waals surface area contributed by atoms with E-state index in [1.165, 1.54) is 0 Å². The molecule has 8 heteroatoms. The maximum Gasteiger partial charge on any atom is 0.303 e. The highest BCUT2D eigenvalue weighted by molar-refractivity contribution is 5.69. The van der Waals surface area contributed by atoms with E-state index in [-0.39, 0.29) is 18.3 Å². The quantitative estimate of drug-likeness (QED) is 0.538. The molecule has 4 fully saturated rings. The zero-order valence-corrected chi connectivity index (χ0v) is 13.7. The summed E-state index contributed by atoms with van der Waals surface area (Å²) in [6, 6.07) is 0. The number of hydrogen-bond donors (Lipinski definition) is 2. The van der Waals surface area contributed by atoms with E-state index in [9.17, 15) is 29.9 Å². The number of aliphatic carboxylic acids is 2. The fraction of sp³-hybridized carbons (Fsp3) is 0.875. The van der Waals surface area contributed by atoms with Crippen molar-refractivity contribution in [2.75, 3.05) is 0 Å². The Hall–Kier alpha value is -1.86. The van der Waals surface area contributed by atoms with Crippen LogP contribution in [0.3, 0.4) is 0 Å². The summed E-state index contributed by atoms with van der Waals surface area (Å²) in [5.74, 6) is -1.88. The zero-order valence-electron chi connectivity index (χ0n) is 13.7. The molecular formula is C16H23NO7. The standard InChI is InChI=1S/C16H23NO7/c1-2-13-5-14(3-11(18)19)7-15(6-13,4-12(20)21)10-16(8-13,9-14)24-17(22)23/h2-10H2,1H3,(H,18,19)(H,20,21). The Kier molecular flexibility index (Phi) is 3.58. The van der Waals surface area contributed by atoms with Crippen LogP contribution in [0.1, 0.15) is 64.7 Å². The largest absolute Gasteiger partial charge is 0.481 e. The van der Waals surface area contributed by atoms with Crippen LogP contribution >= 0.6 is 0 Å². The monoisotopic (exact) mass is 341 g/mol. The van der Waals surface area contributed by atoms with Crippen molar-refractivity contribution < 1.29 is 29.7 Å². The van der Waals surface area contributed by atoms with Crippen molar-refractivity contribution in [2.24, 2.45) is 16.2 Å². The van der Waals surface area contributed by atoms with Crippen molar-refractivity contribution in [3.63, 3.8) is 0 Å². The average molecular weight is 341 g/mol. The number of carboxylic acid groups (broad SMARTS) is 2. The summed E-state index contributed by atoms with van der Waals surface area (Å²) in [4.78, 5) is 39.1. The fourth-order valence-corrected chi connectivity index (χ4v) is 6.83. The van der Waals surface area contributed by atoms with Gasteiger partial charge >= 0.3 is 11.9 Å². The van der Waals surface area contributed by atoms with E-state index in [2.05, 4.69) is 0 Å². The summed E-state index contributed by atoms with van der Waals surface area (Å²) >= 11 is 0. The summed E-state index contributed by atoms with van der Waals surface area (Å²) < 4.78 is 0. The molecular weight excluding hydrogens is 318 g/mol. The SMILES string of the molecule is CCC12CC3(CC(=O)O)CC(CC(=O)O)(C1)CC(O[N+](=O)[O-])(C2)C3. The molecule has 0 spiro atoms. The van der Waals surface area contributed by atoms with Gasteiger partial charge in [0, 0.05) is 0 Å². The smallest absolute Gasteiger partial charge is 0.303 e. The van der Waals surface area contributed by atoms with E-state index < -0.39 is 33.5 Å². The van der Waals surface area contributed by atoms with Crippen LogP contribution in [0.5, 0.6) is 0 Å². The molecule has 4 bridgehead atoms. The van der Waals surface area contributed by atoms with Crippen LogP contribution in [0.4, 0.5) is 0 Å². The van der Waals surface area contributed by atoms with Crippen molar-refractivity contribution in [1.82, 2.24) is 0 Å². The molecule has 0 radical (unpaired) electrons. The lowest BCUT2D eigenvalue weighted by atomic mass is 9.36. The van der Waals surface area contributed by atoms with E-state index in [0.29, 0.717) is 38.5 Å². The van der Waals surface area contributed by atoms with Gasteiger partial charge in [0.05, 0.1) is 12.8 Å². The molecule has 4 rings (SSSR count). The lowest BCUT2D eigenvalue weighted by Crippen LogP contribution is -2.65. The van der Waals surface area contributed by atoms with Gasteiger partial charge in [-0.05, 0) is 54.8 Å². The van der Waals surface area contributed by atoms with Gasteiger partial charge in [-0.1, -0.05) is 13.3 Å². The molecule has 0 aromatic carbocycles. The van der Waals surface area contributed by atoms with Crippen LogP contribution in [0.25, 0.3) is 0 Å². The van der Waals surface area contributed by atoms with Crippen LogP contribution in [0.2, 0.25) is 0 Å². The van der Waals surface area contributed by atoms with Gasteiger partial charge in [0.15, 0.2) is 0 Å². The van der Waals surface area contributed by atoms with Crippen LogP contribution < -0.4 is 0 Å². The van der Waals surface area contributed by atoms with E-state index in [4.69, 9.17) is 4.84 Å². The van der Waals surface area contributed by atoms with E-state index >= 15 is 0 Å². The third kappa shape index (κ3) is 2.71. The first-order chi connectivity index (χ1) is 11.1. The predicted molar refractivity (Wildman–Crippen MR) is 80.6 cm³/mol. The summed E-state index contributed by atoms with van der Waals surface area (Å²) in [6.07, 6.45) is 3.63. The maximum atomic E-state index is 11.4. The first kappa shape index (κ1) is 17.0. The minimum Gasteiger partial charge on any atom is -0.481 e. The summed E-state index contributed by atoms with van der Waals surface area (Å²) in [5.41, 5.74) is -2.53. The molecule has 2 atom stereocenters. The Balaban J connectivity index is 2.07. The Morgan fingerprint density at radius 3 is 1.75 bits per heavy atom. The molecule has 0 aromatic rings. The van der Waals surface area contributed by atoms with Gasteiger partial charge in [-0.15, -0.1) is 10.1 Å². The minimum atomic E-state index is -1.04. The maximum absolute atomic E-state index is 11.4. The molecule has 4 aliphatic carbocycles. The average Bonchev–Trinajstić information content (AvgIpc) is 2.31. The van der Waals surface area contributed by atoms with Crippen molar-refractivity contribution >= 4 is 11.9 Å². The molecule has 2 unspecified atom stereocenters. The second kappa shape index (κ2) is 5.07. The highest BCUT2D eigenvalue weighted by Crippen LogP contribution is 2.74. The third-order valence-corrected chi connectivity index (χ3v) is 6.41. The number of carbonyl (C=O) groups is 2. The van der Waals surface area contributed by atoms with Crippen LogP contribution in [-0.2, 0) is 14.4 Å². The molecule has 0 saturated heterocycles. The fourth-order valence-electron chi connectivity index (χ4n) is 6.83. The second-order valence-electron chi connectivity index (χ2n) is 8.55. The van der Waals surface area contributed by atoms with Crippen LogP contribution in [0, 0.1) is 26.4 Å². The second-order valence-corrected chi connectivity index (χ2v) is 8.55. The lowest BCUT2D eigenvalue weighted by Gasteiger charge is -2.69. The van der Waals surface area contributed by atoms with E-state index in [1.807, 2.05) is 6.92 Å². The Morgan fingerprint density at radius 1 is 0.958 bits per heavy atom. The molecule has 0 aromatic heterocycles. The van der Waals surface area contributed by atoms with Crippen molar-refractivity contribution in [1.29, 1.82) is 0 Å². The number of nitrogens with zero attached hydrogens (tertiary/aromatic N) is 1. The Labute approximate surface area is 139 Å². The first-order valence-corrected chi connectivity index (χ1v) is 8.32. The van der Waals surface area contributed by atoms with Crippen molar-refractivity contribution in [2.45, 2.75) is 70.3 Å². The Bertz CT molecular complexity index is 514. The molecule has 0 heterocycles.